The van der Waals surface area contributed by atoms with Crippen LogP contribution in [0, 0.1) is 5.41 Å². The molecule has 1 aromatic carbocycles. The molecule has 0 bridgehead atoms. The molecule has 1 fully saturated rings. The fourth-order valence-electron chi connectivity index (χ4n) is 3.31. The van der Waals surface area contributed by atoms with Gasteiger partial charge in [0.25, 0.3) is 5.91 Å². The lowest BCUT2D eigenvalue weighted by atomic mass is 9.82. The maximum Gasteiger partial charge on any atom is 0.313 e. The molecule has 1 aliphatic rings. The number of ether oxygens (including phenoxy) is 1. The van der Waals surface area contributed by atoms with Gasteiger partial charge in [-0.1, -0.05) is 36.6 Å². The maximum absolute atomic E-state index is 12.7. The Morgan fingerprint density at radius 1 is 1.11 bits per heavy atom. The minimum atomic E-state index is -0.847. The smallest absolute Gasteiger partial charge is 0.313 e. The highest BCUT2D eigenvalue weighted by molar-refractivity contribution is 6.33. The molecule has 0 atom stereocenters. The number of carbonyl (C=O) groups excluding carboxylic acids is 3. The number of halogens is 1. The number of carbonyl (C=O) groups is 3. The summed E-state index contributed by atoms with van der Waals surface area (Å²) in [6, 6.07) is 6.82. The fraction of sp³-hybridized carbons (Fsp3) is 0.550. The molecule has 6 nitrogen and oxygen atoms in total. The van der Waals surface area contributed by atoms with Gasteiger partial charge in [-0.3, -0.25) is 14.4 Å². The van der Waals surface area contributed by atoms with E-state index in [-0.39, 0.29) is 17.9 Å². The third kappa shape index (κ3) is 6.24. The third-order valence-corrected chi connectivity index (χ3v) is 4.82. The largest absolute Gasteiger partial charge is 0.455 e. The second kappa shape index (κ2) is 8.74. The van der Waals surface area contributed by atoms with E-state index in [2.05, 4.69) is 10.6 Å². The molecule has 0 spiro atoms. The molecule has 2 amide bonds. The maximum atomic E-state index is 12.7. The predicted octanol–water partition coefficient (Wildman–Crippen LogP) is 3.69. The molecule has 0 unspecified atom stereocenters. The van der Waals surface area contributed by atoms with Crippen molar-refractivity contribution in [1.82, 2.24) is 5.32 Å². The first-order valence-electron chi connectivity index (χ1n) is 9.14. The molecule has 0 aromatic heterocycles. The van der Waals surface area contributed by atoms with Crippen LogP contribution < -0.4 is 10.6 Å². The van der Waals surface area contributed by atoms with Gasteiger partial charge in [0.15, 0.2) is 6.61 Å². The van der Waals surface area contributed by atoms with Gasteiger partial charge in [-0.25, -0.2) is 0 Å². The van der Waals surface area contributed by atoms with E-state index in [0.717, 1.165) is 12.8 Å². The lowest BCUT2D eigenvalue weighted by Crippen LogP contribution is -2.44. The molecule has 1 aliphatic carbocycles. The van der Waals surface area contributed by atoms with E-state index in [4.69, 9.17) is 16.3 Å². The van der Waals surface area contributed by atoms with Gasteiger partial charge < -0.3 is 15.4 Å². The first-order chi connectivity index (χ1) is 12.6. The van der Waals surface area contributed by atoms with Gasteiger partial charge in [-0.2, -0.15) is 0 Å². The molecule has 1 saturated carbocycles. The third-order valence-electron chi connectivity index (χ3n) is 4.49. The van der Waals surface area contributed by atoms with Crippen molar-refractivity contribution in [2.75, 3.05) is 11.9 Å². The van der Waals surface area contributed by atoms with E-state index in [9.17, 15) is 14.4 Å². The van der Waals surface area contributed by atoms with Crippen LogP contribution in [0.5, 0.6) is 0 Å². The summed E-state index contributed by atoms with van der Waals surface area (Å²) in [5.74, 6) is -1.14. The van der Waals surface area contributed by atoms with Gasteiger partial charge in [-0.05, 0) is 45.7 Å². The van der Waals surface area contributed by atoms with E-state index >= 15 is 0 Å². The molecule has 148 valence electrons. The van der Waals surface area contributed by atoms with Gasteiger partial charge in [0, 0.05) is 12.0 Å². The molecular weight excluding hydrogens is 368 g/mol. The number of hydrogen-bond donors (Lipinski definition) is 2. The number of hydrogen-bond acceptors (Lipinski definition) is 4. The van der Waals surface area contributed by atoms with E-state index in [1.165, 1.54) is 0 Å². The van der Waals surface area contributed by atoms with Crippen LogP contribution in [-0.2, 0) is 19.1 Å². The number of para-hydroxylation sites is 1. The zero-order chi connectivity index (χ0) is 20.1. The van der Waals surface area contributed by atoms with Crippen molar-refractivity contribution in [3.63, 3.8) is 0 Å². The highest BCUT2D eigenvalue weighted by atomic mass is 35.5. The van der Waals surface area contributed by atoms with Gasteiger partial charge in [0.2, 0.25) is 5.91 Å². The second-order valence-corrected chi connectivity index (χ2v) is 8.47. The van der Waals surface area contributed by atoms with E-state index in [1.54, 1.807) is 24.3 Å². The summed E-state index contributed by atoms with van der Waals surface area (Å²) in [7, 11) is 0. The number of esters is 1. The number of anilines is 1. The van der Waals surface area contributed by atoms with Crippen molar-refractivity contribution in [2.45, 2.75) is 58.4 Å². The highest BCUT2D eigenvalue weighted by Gasteiger charge is 2.44. The minimum Gasteiger partial charge on any atom is -0.455 e. The highest BCUT2D eigenvalue weighted by Crippen LogP contribution is 2.42. The van der Waals surface area contributed by atoms with Crippen LogP contribution in [0.15, 0.2) is 24.3 Å². The first kappa shape index (κ1) is 21.2. The molecule has 7 heteroatoms. The Labute approximate surface area is 165 Å². The second-order valence-electron chi connectivity index (χ2n) is 8.07. The first-order valence-corrected chi connectivity index (χ1v) is 9.52. The number of benzene rings is 1. The van der Waals surface area contributed by atoms with Crippen molar-refractivity contribution in [1.29, 1.82) is 0 Å². The summed E-state index contributed by atoms with van der Waals surface area (Å²) < 4.78 is 5.26. The van der Waals surface area contributed by atoms with E-state index in [1.807, 2.05) is 20.8 Å². The summed E-state index contributed by atoms with van der Waals surface area (Å²) >= 11 is 6.00. The van der Waals surface area contributed by atoms with Crippen LogP contribution >= 0.6 is 11.6 Å². The van der Waals surface area contributed by atoms with Crippen LogP contribution in [0.4, 0.5) is 5.69 Å². The molecule has 0 radical (unpaired) electrons. The van der Waals surface area contributed by atoms with Crippen molar-refractivity contribution < 1.29 is 19.1 Å². The molecule has 0 heterocycles. The zero-order valence-corrected chi connectivity index (χ0v) is 16.8. The van der Waals surface area contributed by atoms with Crippen molar-refractivity contribution in [3.8, 4) is 0 Å². The Balaban J connectivity index is 1.94. The molecule has 0 saturated heterocycles. The molecule has 27 heavy (non-hydrogen) atoms. The Hall–Kier alpha value is -2.08. The lowest BCUT2D eigenvalue weighted by Gasteiger charge is -2.28. The number of amides is 2. The van der Waals surface area contributed by atoms with Crippen LogP contribution in [0.1, 0.15) is 52.9 Å². The van der Waals surface area contributed by atoms with Crippen LogP contribution in [0.3, 0.4) is 0 Å². The number of nitrogens with one attached hydrogen (secondary N) is 2. The zero-order valence-electron chi connectivity index (χ0n) is 16.1. The predicted molar refractivity (Wildman–Crippen MR) is 104 cm³/mol. The average molecular weight is 395 g/mol. The molecule has 2 rings (SSSR count). The SMILES string of the molecule is CC(C)(C)NC(=O)CC1(C(=O)OCC(=O)Nc2ccccc2Cl)CCCC1. The quantitative estimate of drug-likeness (QED) is 0.720. The molecule has 1 aromatic rings. The van der Waals surface area contributed by atoms with Gasteiger partial charge in [0.1, 0.15) is 0 Å². The molecule has 0 aliphatic heterocycles. The van der Waals surface area contributed by atoms with Gasteiger partial charge in [-0.15, -0.1) is 0 Å². The molecule has 2 N–H and O–H groups in total. The Bertz CT molecular complexity index is 706. The fourth-order valence-corrected chi connectivity index (χ4v) is 3.49. The Kier molecular flexibility index (Phi) is 6.87. The molecular formula is C20H27ClN2O4. The van der Waals surface area contributed by atoms with Crippen LogP contribution in [0.25, 0.3) is 0 Å². The van der Waals surface area contributed by atoms with Crippen molar-refractivity contribution >= 4 is 35.1 Å². The summed E-state index contributed by atoms with van der Waals surface area (Å²) in [4.78, 5) is 37.1. The van der Waals surface area contributed by atoms with Gasteiger partial charge in [0.05, 0.1) is 16.1 Å². The summed E-state index contributed by atoms with van der Waals surface area (Å²) in [6.07, 6.45) is 2.99. The summed E-state index contributed by atoms with van der Waals surface area (Å²) in [5.41, 5.74) is -0.754. The lowest BCUT2D eigenvalue weighted by molar-refractivity contribution is -0.160. The summed E-state index contributed by atoms with van der Waals surface area (Å²) in [6.45, 7) is 5.27. The van der Waals surface area contributed by atoms with Crippen molar-refractivity contribution in [2.24, 2.45) is 5.41 Å². The number of rotatable bonds is 6. The van der Waals surface area contributed by atoms with E-state index in [0.29, 0.717) is 23.6 Å². The van der Waals surface area contributed by atoms with Crippen LogP contribution in [0.2, 0.25) is 5.02 Å². The average Bonchev–Trinajstić information content (AvgIpc) is 3.02. The standard InChI is InChI=1S/C20H27ClN2O4/c1-19(2,3)23-16(24)12-20(10-6-7-11-20)18(26)27-13-17(25)22-15-9-5-4-8-14(15)21/h4-5,8-9H,6-7,10-13H2,1-3H3,(H,22,25)(H,23,24). The topological polar surface area (TPSA) is 84.5 Å². The summed E-state index contributed by atoms with van der Waals surface area (Å²) in [5, 5.41) is 5.91. The normalized spacial score (nSPS) is 15.9. The van der Waals surface area contributed by atoms with E-state index < -0.39 is 23.9 Å². The minimum absolute atomic E-state index is 0.0786. The monoisotopic (exact) mass is 394 g/mol. The van der Waals surface area contributed by atoms with Crippen LogP contribution in [-0.4, -0.2) is 29.9 Å². The Morgan fingerprint density at radius 2 is 1.74 bits per heavy atom. The van der Waals surface area contributed by atoms with Crippen molar-refractivity contribution in [3.05, 3.63) is 29.3 Å². The Morgan fingerprint density at radius 3 is 2.33 bits per heavy atom. The van der Waals surface area contributed by atoms with Gasteiger partial charge >= 0.3 is 5.97 Å².